The molecule has 1 unspecified atom stereocenters. The van der Waals surface area contributed by atoms with E-state index < -0.39 is 120 Å². The minimum Gasteiger partial charge on any atom is -0.508 e. The first-order valence-electron chi connectivity index (χ1n) is 39.0. The highest BCUT2D eigenvalue weighted by atomic mass is 16.6. The van der Waals surface area contributed by atoms with Gasteiger partial charge in [0.15, 0.2) is 6.23 Å². The molecule has 2 heterocycles. The number of rotatable bonds is 37. The van der Waals surface area contributed by atoms with E-state index >= 15 is 0 Å². The Morgan fingerprint density at radius 2 is 1.25 bits per heavy atom. The third-order valence-corrected chi connectivity index (χ3v) is 23.8. The molecule has 602 valence electrons. The number of fused-ring (bicyclic) bond motifs is 6. The second-order valence-corrected chi connectivity index (χ2v) is 31.6. The van der Waals surface area contributed by atoms with Crippen molar-refractivity contribution in [2.75, 3.05) is 84.5 Å². The molecule has 2 aromatic rings. The lowest BCUT2D eigenvalue weighted by atomic mass is 9.49. The van der Waals surface area contributed by atoms with Gasteiger partial charge >= 0.3 is 0 Å². The fraction of sp³-hybridized carbons (Fsp3) is 0.684. The number of aliphatic hydroxyl groups is 4. The van der Waals surface area contributed by atoms with Gasteiger partial charge in [0.1, 0.15) is 66.7 Å². The summed E-state index contributed by atoms with van der Waals surface area (Å²) >= 11 is 0. The zero-order valence-electron chi connectivity index (χ0n) is 64.2. The van der Waals surface area contributed by atoms with Crippen molar-refractivity contribution in [2.45, 2.75) is 236 Å². The number of unbranched alkanes of at least 4 members (excludes halogenated alkanes) is 1. The Balaban J connectivity index is 0.769. The van der Waals surface area contributed by atoms with E-state index in [9.17, 15) is 68.7 Å². The summed E-state index contributed by atoms with van der Waals surface area (Å²) in [6.45, 7) is 14.2. The maximum Gasteiger partial charge on any atom is 0.253 e. The largest absolute Gasteiger partial charge is 0.508 e. The van der Waals surface area contributed by atoms with Crippen LogP contribution in [0.4, 0.5) is 5.69 Å². The van der Waals surface area contributed by atoms with Gasteiger partial charge in [-0.3, -0.25) is 53.4 Å². The molecule has 2 aliphatic heterocycles. The van der Waals surface area contributed by atoms with Gasteiger partial charge in [-0.1, -0.05) is 79.4 Å². The average Bonchev–Trinajstić information content (AvgIpc) is 0.827. The van der Waals surface area contributed by atoms with Crippen LogP contribution in [0.2, 0.25) is 0 Å². The quantitative estimate of drug-likeness (QED) is 0.0252. The minimum absolute atomic E-state index is 0.0185. The van der Waals surface area contributed by atoms with Crippen molar-refractivity contribution in [3.63, 3.8) is 0 Å². The Morgan fingerprint density at radius 1 is 0.651 bits per heavy atom. The van der Waals surface area contributed by atoms with Gasteiger partial charge in [0.25, 0.3) is 11.8 Å². The second-order valence-electron chi connectivity index (χ2n) is 31.6. The van der Waals surface area contributed by atoms with Crippen molar-refractivity contribution in [3.05, 3.63) is 82.2 Å². The number of carbonyl (C=O) groups is 9. The summed E-state index contributed by atoms with van der Waals surface area (Å²) in [7, 11) is 0. The number of ether oxygens (including phenoxy) is 6. The highest BCUT2D eigenvalue weighted by Gasteiger charge is 2.59. The number of aromatic hydroxyl groups is 1. The summed E-state index contributed by atoms with van der Waals surface area (Å²) in [6.07, 6.45) is 5.38. The van der Waals surface area contributed by atoms with Crippen molar-refractivity contribution < 1.29 is 97.1 Å². The second kappa shape index (κ2) is 39.0. The number of anilines is 1. The molecule has 30 nitrogen and oxygen atoms in total. The lowest BCUT2D eigenvalue weighted by Crippen LogP contribution is -2.62. The van der Waals surface area contributed by atoms with Gasteiger partial charge < -0.3 is 85.9 Å². The van der Waals surface area contributed by atoms with Crippen LogP contribution in [0, 0.1) is 34.1 Å². The van der Waals surface area contributed by atoms with Gasteiger partial charge in [-0.15, -0.1) is 0 Å². The molecule has 5 aliphatic carbocycles. The van der Waals surface area contributed by atoms with Crippen molar-refractivity contribution in [1.29, 1.82) is 5.53 Å². The van der Waals surface area contributed by atoms with Gasteiger partial charge in [-0.2, -0.15) is 5.11 Å². The third-order valence-electron chi connectivity index (χ3n) is 23.8. The molecule has 109 heavy (non-hydrogen) atoms. The predicted octanol–water partition coefficient (Wildman–Crippen LogP) is 4.47. The zero-order chi connectivity index (χ0) is 78.8. The third kappa shape index (κ3) is 20.9. The van der Waals surface area contributed by atoms with Crippen LogP contribution >= 0.6 is 0 Å². The monoisotopic (exact) mass is 1520 g/mol. The van der Waals surface area contributed by atoms with E-state index in [1.165, 1.54) is 24.6 Å². The highest BCUT2D eigenvalue weighted by Crippen LogP contribution is 2.60. The molecular weight excluding hydrogens is 1410 g/mol. The summed E-state index contributed by atoms with van der Waals surface area (Å²) in [4.78, 5) is 124. The van der Waals surface area contributed by atoms with Crippen LogP contribution in [0.3, 0.4) is 0 Å². The van der Waals surface area contributed by atoms with Crippen LogP contribution in [0.5, 0.6) is 5.75 Å². The Kier molecular flexibility index (Phi) is 30.5. The van der Waals surface area contributed by atoms with Gasteiger partial charge in [-0.25, -0.2) is 5.53 Å². The van der Waals surface area contributed by atoms with Crippen molar-refractivity contribution in [2.24, 2.45) is 33.7 Å². The number of allylic oxidation sites excluding steroid dienone is 1. The Morgan fingerprint density at radius 3 is 1.85 bits per heavy atom. The fourth-order valence-corrected chi connectivity index (χ4v) is 17.6. The number of hydrogen-bond donors (Lipinski definition) is 13. The lowest BCUT2D eigenvalue weighted by molar-refractivity contribution is -0.234. The molecule has 9 rings (SSSR count). The summed E-state index contributed by atoms with van der Waals surface area (Å²) in [6, 6.07) is 7.96. The molecule has 0 radical (unpaired) electrons. The fourth-order valence-electron chi connectivity index (χ4n) is 17.6. The van der Waals surface area contributed by atoms with Gasteiger partial charge in [0.2, 0.25) is 41.4 Å². The Labute approximate surface area is 637 Å². The Bertz CT molecular complexity index is 3610. The molecule has 2 saturated carbocycles. The molecule has 30 heteroatoms. The number of benzene rings is 2. The van der Waals surface area contributed by atoms with Crippen LogP contribution in [0.1, 0.15) is 180 Å². The summed E-state index contributed by atoms with van der Waals surface area (Å²) < 4.78 is 33.9. The SMILES string of the molecule is CC(C)[C@H](NC(=O)[C@@H](CCCCNC(=O)COC1CCCCC/C(N[C@@H]2O[C@H](CO)[C@H](O)[C@H](O)[C@H]2O)=C\1N=N)NC(=O)CCOCCOCCOCCOCCN1C(=O)C=CC1=O)C(=O)N[C@@H](C)C(=O)Nc1ccc2c(c1)[C@@]1(C)CCC[C@](C)(C(=O)NC(=O)[C@@]3(C)CCC[C@]4(C)c5cc(O)ccc5CC[C@@H]34)[C@@H]1CC2. The van der Waals surface area contributed by atoms with Gasteiger partial charge in [-0.05, 0) is 172 Å². The molecule has 3 fully saturated rings. The topological polar surface area (TPSA) is 434 Å². The number of phenols is 1. The van der Waals surface area contributed by atoms with E-state index in [1.807, 2.05) is 44.2 Å². The number of nitrogens with one attached hydrogen (secondary N) is 8. The molecule has 0 aromatic heterocycles. The molecule has 9 amide bonds. The normalized spacial score (nSPS) is 28.8. The lowest BCUT2D eigenvalue weighted by Gasteiger charge is -2.56. The number of nitrogens with zero attached hydrogens (tertiary/aromatic N) is 2. The maximum absolute atomic E-state index is 14.9. The average molecular weight is 1530 g/mol. The smallest absolute Gasteiger partial charge is 0.253 e. The molecule has 0 spiro atoms. The number of imide groups is 2. The molecule has 1 saturated heterocycles. The zero-order valence-corrected chi connectivity index (χ0v) is 64.2. The van der Waals surface area contributed by atoms with E-state index in [4.69, 9.17) is 34.0 Å². The molecule has 13 N–H and O–H groups in total. The highest BCUT2D eigenvalue weighted by molar-refractivity contribution is 6.13. The van der Waals surface area contributed by atoms with Crippen molar-refractivity contribution >= 4 is 58.9 Å². The summed E-state index contributed by atoms with van der Waals surface area (Å²) in [5.74, 6) is -4.54. The minimum atomic E-state index is -1.63. The van der Waals surface area contributed by atoms with Crippen molar-refractivity contribution in [1.82, 2.24) is 36.8 Å². The first kappa shape index (κ1) is 85.4. The molecule has 0 bridgehead atoms. The van der Waals surface area contributed by atoms with Crippen LogP contribution in [0.25, 0.3) is 0 Å². The first-order valence-corrected chi connectivity index (χ1v) is 39.0. The predicted molar refractivity (Wildman–Crippen MR) is 397 cm³/mol. The number of phenolic OH excluding ortho intramolecular Hbond substituents is 1. The number of carbonyl (C=O) groups excluding carboxylic acids is 9. The number of hydrogen-bond acceptors (Lipinski definition) is 23. The molecule has 7 aliphatic rings. The molecular formula is C79H116N10O20. The molecule has 15 atom stereocenters. The standard InChI is InChI=1S/C79H116N10O20/c1-47(2)65(72(101)82-48(3)70(99)83-51-22-18-49-20-24-59-76(4,53(49)43-51)29-13-31-78(59,6)74(102)87-75(103)79(7)32-14-30-77(5)54-44-52(91)23-19-50(54)21-25-60(77)79)86-71(100)56(84-61(92)28-35-104-37-39-106-41-42-107-40-38-105-36-34-89-63(94)26-27-64(89)95)16-11-12-33-81-62(93)46-108-57-17-10-8-9-15-55(66(57)88-80)85-73-69(98)68(97)67(96)58(45-90)109-73/h18-19,22-23,26-27,43-44,47-48,56-60,65,67-69,73,80,85,90-91,96-98H,8-17,20-21,24-25,28-42,45-46H2,1-7H3,(H,81,93)(H,82,101)(H,83,99)(H,84,92)(H,86,100)(H,87,102,103)/b66-55-,88-80?/t48-,56+,57?,58+,59+,60+,65-,67-,68-,69+,73+,76+,77+,78-,79-/m0/s1. The number of amides is 9. The summed E-state index contributed by atoms with van der Waals surface area (Å²) in [5.41, 5.74) is 11.0. The summed E-state index contributed by atoms with van der Waals surface area (Å²) in [5, 5.41) is 75.7. The van der Waals surface area contributed by atoms with Crippen LogP contribution in [0.15, 0.2) is 65.1 Å². The first-order chi connectivity index (χ1) is 52.1. The van der Waals surface area contributed by atoms with Crippen LogP contribution < -0.4 is 37.2 Å². The van der Waals surface area contributed by atoms with Gasteiger partial charge in [0.05, 0.1) is 76.8 Å². The van der Waals surface area contributed by atoms with Crippen LogP contribution in [-0.2, 0) is 95.2 Å². The van der Waals surface area contributed by atoms with Gasteiger partial charge in [0, 0.05) is 36.5 Å². The van der Waals surface area contributed by atoms with Crippen LogP contribution in [-0.4, -0.2) is 218 Å². The maximum atomic E-state index is 14.9. The Hall–Kier alpha value is -7.65. The van der Waals surface area contributed by atoms with E-state index in [0.29, 0.717) is 69.2 Å². The van der Waals surface area contributed by atoms with E-state index in [1.54, 1.807) is 19.9 Å². The molecule has 2 aromatic carbocycles. The van der Waals surface area contributed by atoms with E-state index in [-0.39, 0.29) is 131 Å². The van der Waals surface area contributed by atoms with E-state index in [0.717, 1.165) is 73.0 Å². The van der Waals surface area contributed by atoms with E-state index in [2.05, 4.69) is 56.2 Å². The number of aryl methyl sites for hydroxylation is 2. The number of aliphatic hydroxyl groups excluding tert-OH is 4. The van der Waals surface area contributed by atoms with Crippen molar-refractivity contribution in [3.8, 4) is 5.75 Å².